The average Bonchev–Trinajstić information content (AvgIpc) is 2.82. The molecule has 1 aliphatic carbocycles. The van der Waals surface area contributed by atoms with E-state index in [1.165, 1.54) is 0 Å². The predicted molar refractivity (Wildman–Crippen MR) is 139 cm³/mol. The second-order valence-electron chi connectivity index (χ2n) is 7.40. The van der Waals surface area contributed by atoms with E-state index in [-0.39, 0.29) is 11.8 Å². The Kier molecular flexibility index (Phi) is 7.45. The number of amides is 1. The molecule has 33 heavy (non-hydrogen) atoms. The van der Waals surface area contributed by atoms with E-state index in [1.807, 2.05) is 30.3 Å². The Morgan fingerprint density at radius 3 is 2.64 bits per heavy atom. The normalized spacial score (nSPS) is 15.5. The summed E-state index contributed by atoms with van der Waals surface area (Å²) in [5.41, 5.74) is 6.83. The van der Waals surface area contributed by atoms with E-state index in [0.29, 0.717) is 37.3 Å². The Bertz CT molecular complexity index is 1290. The molecule has 1 aliphatic rings. The third-order valence-electron chi connectivity index (χ3n) is 5.43. The molecule has 1 N–H and O–H groups in total. The molecule has 0 radical (unpaired) electrons. The summed E-state index contributed by atoms with van der Waals surface area (Å²) in [5.74, 6) is 0.223. The first-order valence-corrected chi connectivity index (χ1v) is 11.9. The fourth-order valence-corrected chi connectivity index (χ4v) is 4.79. The van der Waals surface area contributed by atoms with Crippen molar-refractivity contribution >= 4 is 67.9 Å². The molecule has 4 nitrogen and oxygen atoms in total. The zero-order chi connectivity index (χ0) is 23.5. The predicted octanol–water partition coefficient (Wildman–Crippen LogP) is 7.67. The van der Waals surface area contributed by atoms with Crippen LogP contribution in [0, 0.1) is 0 Å². The lowest BCUT2D eigenvalue weighted by Gasteiger charge is -2.27. The molecular weight excluding hydrogens is 547 g/mol. The quantitative estimate of drug-likeness (QED) is 0.255. The molecule has 0 aliphatic heterocycles. The zero-order valence-corrected chi connectivity index (χ0v) is 21.3. The second-order valence-corrected chi connectivity index (χ2v) is 9.45. The molecule has 168 valence electrons. The monoisotopic (exact) mass is 562 g/mol. The van der Waals surface area contributed by atoms with Crippen molar-refractivity contribution < 1.29 is 9.53 Å². The van der Waals surface area contributed by atoms with Gasteiger partial charge in [-0.3, -0.25) is 4.79 Å². The molecule has 3 aromatic carbocycles. The first-order chi connectivity index (χ1) is 15.9. The van der Waals surface area contributed by atoms with Gasteiger partial charge in [0.05, 0.1) is 34.0 Å². The highest BCUT2D eigenvalue weighted by Gasteiger charge is 2.27. The summed E-state index contributed by atoms with van der Waals surface area (Å²) in [5, 5.41) is 5.78. The molecule has 1 amide bonds. The number of allylic oxidation sites excluding steroid dienone is 1. The van der Waals surface area contributed by atoms with Crippen LogP contribution in [0.3, 0.4) is 0 Å². The molecule has 0 bridgehead atoms. The van der Waals surface area contributed by atoms with Crippen LogP contribution in [0.15, 0.2) is 75.8 Å². The van der Waals surface area contributed by atoms with Crippen molar-refractivity contribution in [3.63, 3.8) is 0 Å². The van der Waals surface area contributed by atoms with Crippen LogP contribution in [0.4, 0.5) is 0 Å². The summed E-state index contributed by atoms with van der Waals surface area (Å²) in [7, 11) is 1.54. The fourth-order valence-electron chi connectivity index (χ4n) is 3.76. The Morgan fingerprint density at radius 2 is 1.88 bits per heavy atom. The number of benzene rings is 3. The fraction of sp³-hybridized carbons (Fsp3) is 0.120. The maximum absolute atomic E-state index is 12.6. The number of hydrogen-bond acceptors (Lipinski definition) is 3. The second kappa shape index (κ2) is 10.3. The molecule has 8 heteroatoms. The minimum absolute atomic E-state index is 0.0168. The Morgan fingerprint density at radius 1 is 1.09 bits per heavy atom. The van der Waals surface area contributed by atoms with Crippen LogP contribution >= 0.6 is 50.7 Å². The van der Waals surface area contributed by atoms with Gasteiger partial charge in [-0.2, -0.15) is 5.10 Å². The third kappa shape index (κ3) is 5.12. The van der Waals surface area contributed by atoms with E-state index in [4.69, 9.17) is 39.5 Å². The molecule has 4 rings (SSSR count). The van der Waals surface area contributed by atoms with Crippen molar-refractivity contribution in [2.45, 2.75) is 12.3 Å². The average molecular weight is 565 g/mol. The van der Waals surface area contributed by atoms with Crippen molar-refractivity contribution in [2.24, 2.45) is 5.10 Å². The van der Waals surface area contributed by atoms with E-state index in [2.05, 4.69) is 32.5 Å². The number of fused-ring (bicyclic) bond motifs is 1. The zero-order valence-electron chi connectivity index (χ0n) is 17.4. The Hall–Kier alpha value is -2.31. The molecule has 0 heterocycles. The SMILES string of the molecule is COc1ccc(Br)c(C(=O)N/N=C/C2=C(Cl)c3ccccc3C(c3ccc(Cl)c(Cl)c3)C2)c1. The molecule has 0 saturated carbocycles. The highest BCUT2D eigenvalue weighted by Crippen LogP contribution is 2.44. The van der Waals surface area contributed by atoms with Gasteiger partial charge in [-0.05, 0) is 74.9 Å². The smallest absolute Gasteiger partial charge is 0.272 e. The highest BCUT2D eigenvalue weighted by atomic mass is 79.9. The van der Waals surface area contributed by atoms with Crippen molar-refractivity contribution in [1.82, 2.24) is 5.43 Å². The molecule has 0 fully saturated rings. The van der Waals surface area contributed by atoms with Crippen LogP contribution in [-0.4, -0.2) is 19.2 Å². The summed E-state index contributed by atoms with van der Waals surface area (Å²) in [6, 6.07) is 18.7. The largest absolute Gasteiger partial charge is 0.497 e. The maximum atomic E-state index is 12.6. The summed E-state index contributed by atoms with van der Waals surface area (Å²) < 4.78 is 5.83. The Labute approximate surface area is 215 Å². The topological polar surface area (TPSA) is 50.7 Å². The van der Waals surface area contributed by atoms with Gasteiger partial charge in [-0.25, -0.2) is 5.43 Å². The number of hydrogen-bond donors (Lipinski definition) is 1. The first kappa shape index (κ1) is 23.8. The van der Waals surface area contributed by atoms with Gasteiger partial charge < -0.3 is 4.74 Å². The van der Waals surface area contributed by atoms with Gasteiger partial charge in [0, 0.05) is 10.4 Å². The molecule has 0 aromatic heterocycles. The Balaban J connectivity index is 1.61. The molecule has 0 spiro atoms. The summed E-state index contributed by atoms with van der Waals surface area (Å²) in [6.07, 6.45) is 2.19. The lowest BCUT2D eigenvalue weighted by Crippen LogP contribution is -2.19. The van der Waals surface area contributed by atoms with E-state index < -0.39 is 0 Å². The molecule has 1 atom stereocenters. The summed E-state index contributed by atoms with van der Waals surface area (Å²) in [6.45, 7) is 0. The molecule has 1 unspecified atom stereocenters. The lowest BCUT2D eigenvalue weighted by atomic mass is 9.79. The summed E-state index contributed by atoms with van der Waals surface area (Å²) >= 11 is 22.5. The van der Waals surface area contributed by atoms with Gasteiger partial charge in [0.25, 0.3) is 5.91 Å². The number of hydrazone groups is 1. The third-order valence-corrected chi connectivity index (χ3v) is 7.31. The minimum atomic E-state index is -0.369. The van der Waals surface area contributed by atoms with Crippen molar-refractivity contribution in [1.29, 1.82) is 0 Å². The standard InChI is InChI=1S/C25H18BrCl3N2O2/c1-33-16-7-8-21(26)20(12-16)25(32)31-30-13-15-10-19(14-6-9-22(27)23(28)11-14)17-4-2-3-5-18(17)24(15)29/h2-9,11-13,19H,10H2,1H3,(H,31,32)/b30-13+. The number of methoxy groups -OCH3 is 1. The summed E-state index contributed by atoms with van der Waals surface area (Å²) in [4.78, 5) is 12.6. The molecular formula is C25H18BrCl3N2O2. The van der Waals surface area contributed by atoms with Crippen molar-refractivity contribution in [2.75, 3.05) is 7.11 Å². The number of carbonyl (C=O) groups excluding carboxylic acids is 1. The van der Waals surface area contributed by atoms with Gasteiger partial charge in [0.1, 0.15) is 5.75 Å². The first-order valence-electron chi connectivity index (χ1n) is 9.99. The number of halogens is 4. The number of ether oxygens (including phenoxy) is 1. The van der Waals surface area contributed by atoms with E-state index in [1.54, 1.807) is 37.6 Å². The van der Waals surface area contributed by atoms with Crippen LogP contribution in [0.5, 0.6) is 5.75 Å². The van der Waals surface area contributed by atoms with Crippen LogP contribution < -0.4 is 10.2 Å². The van der Waals surface area contributed by atoms with Crippen LogP contribution in [0.25, 0.3) is 5.03 Å². The van der Waals surface area contributed by atoms with Crippen LogP contribution in [-0.2, 0) is 0 Å². The lowest BCUT2D eigenvalue weighted by molar-refractivity contribution is 0.0954. The number of carbonyl (C=O) groups is 1. The van der Waals surface area contributed by atoms with E-state index in [9.17, 15) is 4.79 Å². The van der Waals surface area contributed by atoms with Crippen LogP contribution in [0.2, 0.25) is 10.0 Å². The maximum Gasteiger partial charge on any atom is 0.272 e. The number of nitrogens with one attached hydrogen (secondary N) is 1. The van der Waals surface area contributed by atoms with Gasteiger partial charge in [0.2, 0.25) is 0 Å². The minimum Gasteiger partial charge on any atom is -0.497 e. The number of nitrogens with zero attached hydrogens (tertiary/aromatic N) is 1. The molecule has 3 aromatic rings. The van der Waals surface area contributed by atoms with Gasteiger partial charge in [-0.1, -0.05) is 65.1 Å². The van der Waals surface area contributed by atoms with Gasteiger partial charge >= 0.3 is 0 Å². The van der Waals surface area contributed by atoms with Crippen molar-refractivity contribution in [3.8, 4) is 5.75 Å². The molecule has 0 saturated heterocycles. The van der Waals surface area contributed by atoms with Gasteiger partial charge in [0.15, 0.2) is 0 Å². The van der Waals surface area contributed by atoms with Crippen molar-refractivity contribution in [3.05, 3.63) is 103 Å². The van der Waals surface area contributed by atoms with E-state index in [0.717, 1.165) is 22.3 Å². The van der Waals surface area contributed by atoms with Gasteiger partial charge in [-0.15, -0.1) is 0 Å². The van der Waals surface area contributed by atoms with E-state index >= 15 is 0 Å². The number of rotatable bonds is 5. The van der Waals surface area contributed by atoms with Crippen LogP contribution in [0.1, 0.15) is 39.4 Å². The highest BCUT2D eigenvalue weighted by molar-refractivity contribution is 9.10.